The Bertz CT molecular complexity index is 1040. The molecule has 0 unspecified atom stereocenters. The number of benzene rings is 2. The van der Waals surface area contributed by atoms with Crippen LogP contribution in [0.3, 0.4) is 0 Å². The van der Waals surface area contributed by atoms with Gasteiger partial charge >= 0.3 is 0 Å². The molecular weight excluding hydrogens is 434 g/mol. The van der Waals surface area contributed by atoms with Gasteiger partial charge in [-0.2, -0.15) is 0 Å². The van der Waals surface area contributed by atoms with Crippen LogP contribution in [0.1, 0.15) is 59.0 Å². The highest BCUT2D eigenvalue weighted by Gasteiger charge is 2.28. The fraction of sp³-hybridized carbons (Fsp3) is 0.462. The van der Waals surface area contributed by atoms with Crippen LogP contribution in [0.4, 0.5) is 0 Å². The number of hydrogen-bond donors (Lipinski definition) is 2. The summed E-state index contributed by atoms with van der Waals surface area (Å²) in [6.45, 7) is 10.9. The van der Waals surface area contributed by atoms with Gasteiger partial charge in [-0.3, -0.25) is 9.59 Å². The van der Waals surface area contributed by atoms with E-state index >= 15 is 0 Å². The number of carbonyl (C=O) groups is 2. The Morgan fingerprint density at radius 2 is 1.62 bits per heavy atom. The predicted molar refractivity (Wildman–Crippen MR) is 130 cm³/mol. The first-order valence-electron chi connectivity index (χ1n) is 11.9. The summed E-state index contributed by atoms with van der Waals surface area (Å²) in [4.78, 5) is 31.3. The molecule has 0 spiro atoms. The SMILES string of the molecule is CCCN(C)C(=O)c1cc(C(=O)N2Cc3ccc(OCCN(CC)CC)cc3C2)c(O)cc1O. The van der Waals surface area contributed by atoms with Crippen molar-refractivity contribution >= 4 is 11.8 Å². The Balaban J connectivity index is 1.72. The van der Waals surface area contributed by atoms with E-state index in [1.54, 1.807) is 11.9 Å². The van der Waals surface area contributed by atoms with Crippen molar-refractivity contribution in [3.8, 4) is 17.2 Å². The highest BCUT2D eigenvalue weighted by molar-refractivity contribution is 6.03. The third-order valence-corrected chi connectivity index (χ3v) is 6.24. The van der Waals surface area contributed by atoms with Crippen LogP contribution in [-0.4, -0.2) is 76.6 Å². The molecule has 0 fully saturated rings. The third kappa shape index (κ3) is 5.62. The van der Waals surface area contributed by atoms with Crippen LogP contribution in [0.15, 0.2) is 30.3 Å². The van der Waals surface area contributed by atoms with Gasteiger partial charge in [-0.25, -0.2) is 0 Å². The van der Waals surface area contributed by atoms with E-state index in [0.29, 0.717) is 26.2 Å². The molecule has 184 valence electrons. The van der Waals surface area contributed by atoms with Gasteiger partial charge in [-0.15, -0.1) is 0 Å². The molecule has 2 aromatic rings. The second-order valence-electron chi connectivity index (χ2n) is 8.58. The van der Waals surface area contributed by atoms with Crippen molar-refractivity contribution in [2.24, 2.45) is 0 Å². The number of ether oxygens (including phenoxy) is 1. The van der Waals surface area contributed by atoms with Gasteiger partial charge in [-0.1, -0.05) is 26.8 Å². The maximum absolute atomic E-state index is 13.2. The Morgan fingerprint density at radius 1 is 0.941 bits per heavy atom. The molecular formula is C26H35N3O5. The molecule has 0 saturated heterocycles. The lowest BCUT2D eigenvalue weighted by atomic mass is 10.1. The molecule has 8 heteroatoms. The lowest BCUT2D eigenvalue weighted by molar-refractivity contribution is 0.0748. The quantitative estimate of drug-likeness (QED) is 0.554. The molecule has 0 aromatic heterocycles. The molecule has 2 aromatic carbocycles. The largest absolute Gasteiger partial charge is 0.507 e. The summed E-state index contributed by atoms with van der Waals surface area (Å²) < 4.78 is 5.91. The van der Waals surface area contributed by atoms with Crippen LogP contribution >= 0.6 is 0 Å². The van der Waals surface area contributed by atoms with Gasteiger partial charge in [0.15, 0.2) is 0 Å². The zero-order chi connectivity index (χ0) is 24.8. The first-order valence-corrected chi connectivity index (χ1v) is 11.9. The molecule has 2 amide bonds. The van der Waals surface area contributed by atoms with E-state index in [1.807, 2.05) is 25.1 Å². The van der Waals surface area contributed by atoms with E-state index in [-0.39, 0.29) is 22.6 Å². The van der Waals surface area contributed by atoms with Gasteiger partial charge in [0, 0.05) is 39.3 Å². The lowest BCUT2D eigenvalue weighted by Gasteiger charge is -2.20. The van der Waals surface area contributed by atoms with Crippen LogP contribution < -0.4 is 4.74 Å². The average Bonchev–Trinajstić information content (AvgIpc) is 3.25. The smallest absolute Gasteiger partial charge is 0.258 e. The zero-order valence-corrected chi connectivity index (χ0v) is 20.5. The van der Waals surface area contributed by atoms with Gasteiger partial charge in [0.05, 0.1) is 11.1 Å². The lowest BCUT2D eigenvalue weighted by Crippen LogP contribution is -2.29. The van der Waals surface area contributed by atoms with Crippen LogP contribution in [0.5, 0.6) is 17.2 Å². The van der Waals surface area contributed by atoms with Gasteiger partial charge < -0.3 is 29.6 Å². The Morgan fingerprint density at radius 3 is 2.29 bits per heavy atom. The average molecular weight is 470 g/mol. The summed E-state index contributed by atoms with van der Waals surface area (Å²) in [5.41, 5.74) is 2.00. The molecule has 1 heterocycles. The molecule has 0 radical (unpaired) electrons. The number of aromatic hydroxyl groups is 2. The van der Waals surface area contributed by atoms with Crippen molar-refractivity contribution in [3.05, 3.63) is 52.6 Å². The number of carbonyl (C=O) groups excluding carboxylic acids is 2. The van der Waals surface area contributed by atoms with Crippen molar-refractivity contribution in [1.82, 2.24) is 14.7 Å². The minimum Gasteiger partial charge on any atom is -0.507 e. The minimum atomic E-state index is -0.399. The fourth-order valence-electron chi connectivity index (χ4n) is 4.17. The molecule has 34 heavy (non-hydrogen) atoms. The van der Waals surface area contributed by atoms with Crippen molar-refractivity contribution in [1.29, 1.82) is 0 Å². The van der Waals surface area contributed by atoms with Crippen molar-refractivity contribution in [3.63, 3.8) is 0 Å². The second kappa shape index (κ2) is 11.2. The van der Waals surface area contributed by atoms with Crippen molar-refractivity contribution < 1.29 is 24.5 Å². The number of amides is 2. The number of fused-ring (bicyclic) bond motifs is 1. The molecule has 0 atom stereocenters. The van der Waals surface area contributed by atoms with E-state index in [1.165, 1.54) is 11.0 Å². The highest BCUT2D eigenvalue weighted by Crippen LogP contribution is 2.33. The number of phenols is 2. The van der Waals surface area contributed by atoms with Gasteiger partial charge in [0.1, 0.15) is 23.9 Å². The zero-order valence-electron chi connectivity index (χ0n) is 20.5. The minimum absolute atomic E-state index is 0.00213. The molecule has 0 saturated carbocycles. The van der Waals surface area contributed by atoms with Gasteiger partial charge in [0.2, 0.25) is 0 Å². The normalized spacial score (nSPS) is 12.7. The Labute approximate surface area is 201 Å². The van der Waals surface area contributed by atoms with Gasteiger partial charge in [0.25, 0.3) is 11.8 Å². The van der Waals surface area contributed by atoms with Crippen LogP contribution in [0, 0.1) is 0 Å². The molecule has 2 N–H and O–H groups in total. The maximum Gasteiger partial charge on any atom is 0.258 e. The fourth-order valence-corrected chi connectivity index (χ4v) is 4.17. The molecule has 8 nitrogen and oxygen atoms in total. The monoisotopic (exact) mass is 469 g/mol. The van der Waals surface area contributed by atoms with E-state index in [9.17, 15) is 19.8 Å². The molecule has 0 aliphatic carbocycles. The van der Waals surface area contributed by atoms with Crippen molar-refractivity contribution in [2.45, 2.75) is 40.3 Å². The predicted octanol–water partition coefficient (Wildman–Crippen LogP) is 3.46. The van der Waals surface area contributed by atoms with E-state index in [0.717, 1.165) is 49.0 Å². The first kappa shape index (κ1) is 25.4. The molecule has 3 rings (SSSR count). The standard InChI is InChI=1S/C26H35N3O5/c1-5-10-27(4)25(32)21-14-22(24(31)15-23(21)30)26(33)29-16-18-8-9-20(13-19(18)17-29)34-12-11-28(6-2)7-3/h8-9,13-15,30-31H,5-7,10-12,16-17H2,1-4H3. The topological polar surface area (TPSA) is 93.6 Å². The summed E-state index contributed by atoms with van der Waals surface area (Å²) in [6.07, 6.45) is 0.764. The van der Waals surface area contributed by atoms with Crippen LogP contribution in [0.25, 0.3) is 0 Å². The number of phenolic OH excluding ortho intramolecular Hbond substituents is 2. The molecule has 1 aliphatic heterocycles. The Hall–Kier alpha value is -3.26. The van der Waals surface area contributed by atoms with Gasteiger partial charge in [-0.05, 0) is 48.8 Å². The van der Waals surface area contributed by atoms with E-state index in [2.05, 4.69) is 18.7 Å². The number of nitrogens with zero attached hydrogens (tertiary/aromatic N) is 3. The van der Waals surface area contributed by atoms with Crippen LogP contribution in [-0.2, 0) is 13.1 Å². The maximum atomic E-state index is 13.2. The summed E-state index contributed by atoms with van der Waals surface area (Å²) >= 11 is 0. The summed E-state index contributed by atoms with van der Waals surface area (Å²) in [7, 11) is 1.64. The third-order valence-electron chi connectivity index (χ3n) is 6.24. The first-order chi connectivity index (χ1) is 16.3. The molecule has 1 aliphatic rings. The summed E-state index contributed by atoms with van der Waals surface area (Å²) in [6, 6.07) is 8.17. The number of rotatable bonds is 10. The van der Waals surface area contributed by atoms with Crippen molar-refractivity contribution in [2.75, 3.05) is 39.8 Å². The summed E-state index contributed by atoms with van der Waals surface area (Å²) in [5, 5.41) is 20.6. The summed E-state index contributed by atoms with van der Waals surface area (Å²) in [5.74, 6) is -0.735. The van der Waals surface area contributed by atoms with Crippen LogP contribution in [0.2, 0.25) is 0 Å². The van der Waals surface area contributed by atoms with E-state index < -0.39 is 11.8 Å². The van der Waals surface area contributed by atoms with E-state index in [4.69, 9.17) is 4.74 Å². The molecule has 0 bridgehead atoms. The second-order valence-corrected chi connectivity index (χ2v) is 8.58. The number of likely N-dealkylation sites (N-methyl/N-ethyl adjacent to an activating group) is 1. The Kier molecular flexibility index (Phi) is 8.39. The number of hydrogen-bond acceptors (Lipinski definition) is 6. The highest BCUT2D eigenvalue weighted by atomic mass is 16.5.